The predicted molar refractivity (Wildman–Crippen MR) is 243 cm³/mol. The number of nitrogens with one attached hydrogen (secondary N) is 4. The van der Waals surface area contributed by atoms with E-state index in [0.29, 0.717) is 35.7 Å². The van der Waals surface area contributed by atoms with Gasteiger partial charge in [-0.05, 0) is 150 Å². The van der Waals surface area contributed by atoms with E-state index in [4.69, 9.17) is 29.9 Å². The maximum atomic E-state index is 4.79. The quantitative estimate of drug-likeness (QED) is 0.0698. The van der Waals surface area contributed by atoms with Crippen LogP contribution in [0.15, 0.2) is 72.8 Å². The molecule has 0 radical (unpaired) electrons. The van der Waals surface area contributed by atoms with Crippen molar-refractivity contribution in [2.45, 2.75) is 69.2 Å². The minimum absolute atomic E-state index is 0.479. The number of aryl methyl sites for hydroxylation is 6. The highest BCUT2D eigenvalue weighted by Gasteiger charge is 2.15. The summed E-state index contributed by atoms with van der Waals surface area (Å²) < 4.78 is 0. The molecule has 12 heteroatoms. The first-order chi connectivity index (χ1) is 27.9. The molecule has 4 N–H and O–H groups in total. The lowest BCUT2D eigenvalue weighted by atomic mass is 10.0. The van der Waals surface area contributed by atoms with Gasteiger partial charge >= 0.3 is 0 Å². The van der Waals surface area contributed by atoms with E-state index in [0.717, 1.165) is 93.4 Å². The molecule has 6 aromatic rings. The van der Waals surface area contributed by atoms with Crippen molar-refractivity contribution in [1.82, 2.24) is 29.9 Å². The summed E-state index contributed by atoms with van der Waals surface area (Å²) in [6, 6.07) is 25.2. The van der Waals surface area contributed by atoms with Crippen LogP contribution in [-0.2, 0) is 0 Å². The van der Waals surface area contributed by atoms with Gasteiger partial charge in [0.05, 0.1) is 0 Å². The number of nitrogens with zero attached hydrogens (tertiary/aromatic N) is 8. The molecule has 0 amide bonds. The number of aromatic nitrogens is 6. The zero-order valence-electron chi connectivity index (χ0n) is 35.5. The molecule has 0 aliphatic rings. The van der Waals surface area contributed by atoms with E-state index in [-0.39, 0.29) is 0 Å². The first-order valence-corrected chi connectivity index (χ1v) is 20.1. The van der Waals surface area contributed by atoms with Crippen LogP contribution in [-0.4, -0.2) is 56.1 Å². The van der Waals surface area contributed by atoms with E-state index >= 15 is 0 Å². The third-order valence-electron chi connectivity index (χ3n) is 10.1. The predicted octanol–water partition coefficient (Wildman–Crippen LogP) is 10.7. The second-order valence-electron chi connectivity index (χ2n) is 14.5. The third-order valence-corrected chi connectivity index (χ3v) is 10.1. The fourth-order valence-corrected chi connectivity index (χ4v) is 6.55. The molecule has 0 bridgehead atoms. The van der Waals surface area contributed by atoms with Gasteiger partial charge in [0.25, 0.3) is 0 Å². The zero-order valence-corrected chi connectivity index (χ0v) is 35.5. The Balaban J connectivity index is 1.18. The van der Waals surface area contributed by atoms with E-state index < -0.39 is 0 Å². The van der Waals surface area contributed by atoms with Crippen molar-refractivity contribution < 1.29 is 0 Å². The van der Waals surface area contributed by atoms with Crippen LogP contribution >= 0.6 is 0 Å². The largest absolute Gasteiger partial charge is 0.341 e. The van der Waals surface area contributed by atoms with Gasteiger partial charge in [0.1, 0.15) is 0 Å². The summed E-state index contributed by atoms with van der Waals surface area (Å²) in [5, 5.41) is 13.7. The molecule has 0 saturated carbocycles. The average molecular weight is 777 g/mol. The first kappa shape index (κ1) is 41.1. The Morgan fingerprint density at radius 3 is 1.12 bits per heavy atom. The molecule has 0 atom stereocenters. The number of hydrogen-bond donors (Lipinski definition) is 4. The molecule has 58 heavy (non-hydrogen) atoms. The van der Waals surface area contributed by atoms with Gasteiger partial charge in [-0.15, -0.1) is 0 Å². The van der Waals surface area contributed by atoms with Gasteiger partial charge in [0.2, 0.25) is 35.7 Å². The Morgan fingerprint density at radius 2 is 0.776 bits per heavy atom. The molecule has 0 spiro atoms. The zero-order chi connectivity index (χ0) is 41.3. The van der Waals surface area contributed by atoms with Crippen LogP contribution in [0.1, 0.15) is 72.2 Å². The lowest BCUT2D eigenvalue weighted by Gasteiger charge is -2.20. The third kappa shape index (κ3) is 10.2. The van der Waals surface area contributed by atoms with Crippen LogP contribution in [0.5, 0.6) is 0 Å². The summed E-state index contributed by atoms with van der Waals surface area (Å²) in [6.07, 6.45) is 4.30. The molecule has 4 aromatic carbocycles. The standard InChI is InChI=1S/C46H56N12/c1-11-57(12-2)45-53-41(51-43(55-45)49-39-25-29(5)15-17-31(39)7)47-37-23-21-35(33(9)27-37)19-20-36-22-24-38(28-34(36)10)48-42-52-44(56-46(54-42)58(13-3)14-4)50-40-26-30(6)16-18-32(40)8/h15-28H,11-14H2,1-10H3,(H2,47,49,51,53,55)(H2,48,50,52,54,56)/b20-19+. The maximum absolute atomic E-state index is 4.79. The number of benzene rings is 4. The molecule has 6 rings (SSSR count). The highest BCUT2D eigenvalue weighted by atomic mass is 15.3. The smallest absolute Gasteiger partial charge is 0.233 e. The fraction of sp³-hybridized carbons (Fsp3) is 0.304. The van der Waals surface area contributed by atoms with Crippen molar-refractivity contribution in [3.05, 3.63) is 117 Å². The minimum Gasteiger partial charge on any atom is -0.341 e. The van der Waals surface area contributed by atoms with Crippen molar-refractivity contribution in [1.29, 1.82) is 0 Å². The number of anilines is 10. The van der Waals surface area contributed by atoms with Crippen LogP contribution in [0, 0.1) is 41.5 Å². The second-order valence-corrected chi connectivity index (χ2v) is 14.5. The molecule has 12 nitrogen and oxygen atoms in total. The highest BCUT2D eigenvalue weighted by molar-refractivity contribution is 5.75. The summed E-state index contributed by atoms with van der Waals surface area (Å²) >= 11 is 0. The van der Waals surface area contributed by atoms with Crippen molar-refractivity contribution in [2.75, 3.05) is 57.2 Å². The Labute approximate surface area is 343 Å². The van der Waals surface area contributed by atoms with Crippen molar-refractivity contribution >= 4 is 70.6 Å². The maximum Gasteiger partial charge on any atom is 0.233 e. The van der Waals surface area contributed by atoms with Crippen molar-refractivity contribution in [3.8, 4) is 0 Å². The van der Waals surface area contributed by atoms with Crippen LogP contribution in [0.3, 0.4) is 0 Å². The number of hydrogen-bond acceptors (Lipinski definition) is 12. The van der Waals surface area contributed by atoms with Gasteiger partial charge in [-0.2, -0.15) is 29.9 Å². The van der Waals surface area contributed by atoms with Crippen LogP contribution in [0.4, 0.5) is 58.4 Å². The normalized spacial score (nSPS) is 11.1. The SMILES string of the molecule is CCN(CC)c1nc(Nc2ccc(/C=C/c3ccc(Nc4nc(Nc5cc(C)ccc5C)nc(N(CC)CC)n4)cc3C)c(C)c2)nc(Nc2cc(C)ccc2C)n1. The molecule has 300 valence electrons. The Bertz CT molecular complexity index is 2230. The molecule has 2 heterocycles. The lowest BCUT2D eigenvalue weighted by molar-refractivity contribution is 0.815. The van der Waals surface area contributed by atoms with Crippen molar-refractivity contribution in [3.63, 3.8) is 0 Å². The highest BCUT2D eigenvalue weighted by Crippen LogP contribution is 2.27. The molecule has 0 saturated heterocycles. The summed E-state index contributed by atoms with van der Waals surface area (Å²) in [5.74, 6) is 3.19. The Morgan fingerprint density at radius 1 is 0.414 bits per heavy atom. The summed E-state index contributed by atoms with van der Waals surface area (Å²) in [4.78, 5) is 32.8. The second kappa shape index (κ2) is 18.6. The molecule has 0 unspecified atom stereocenters. The monoisotopic (exact) mass is 776 g/mol. The van der Waals surface area contributed by atoms with E-state index in [1.165, 1.54) is 0 Å². The van der Waals surface area contributed by atoms with Gasteiger partial charge in [0.15, 0.2) is 0 Å². The summed E-state index contributed by atoms with van der Waals surface area (Å²) in [5.41, 5.74) is 12.8. The average Bonchev–Trinajstić information content (AvgIpc) is 3.19. The minimum atomic E-state index is 0.479. The van der Waals surface area contributed by atoms with Crippen LogP contribution in [0.2, 0.25) is 0 Å². The molecular formula is C46H56N12. The summed E-state index contributed by atoms with van der Waals surface area (Å²) in [6.45, 7) is 24.0. The Hall–Kier alpha value is -6.56. The summed E-state index contributed by atoms with van der Waals surface area (Å²) in [7, 11) is 0. The van der Waals surface area contributed by atoms with Crippen LogP contribution in [0.25, 0.3) is 12.2 Å². The molecule has 2 aromatic heterocycles. The van der Waals surface area contributed by atoms with Gasteiger partial charge in [-0.3, -0.25) is 0 Å². The van der Waals surface area contributed by atoms with E-state index in [1.807, 2.05) is 0 Å². The van der Waals surface area contributed by atoms with E-state index in [9.17, 15) is 0 Å². The van der Waals surface area contributed by atoms with Gasteiger partial charge in [0, 0.05) is 48.9 Å². The molecular weight excluding hydrogens is 721 g/mol. The van der Waals surface area contributed by atoms with Crippen LogP contribution < -0.4 is 31.1 Å². The Kier molecular flexibility index (Phi) is 13.2. The van der Waals surface area contributed by atoms with Gasteiger partial charge in [-0.25, -0.2) is 0 Å². The molecule has 0 aliphatic heterocycles. The molecule has 0 fully saturated rings. The topological polar surface area (TPSA) is 132 Å². The fourth-order valence-electron chi connectivity index (χ4n) is 6.55. The van der Waals surface area contributed by atoms with Gasteiger partial charge < -0.3 is 31.1 Å². The van der Waals surface area contributed by atoms with Gasteiger partial charge in [-0.1, -0.05) is 48.6 Å². The number of rotatable bonds is 16. The lowest BCUT2D eigenvalue weighted by Crippen LogP contribution is -2.25. The van der Waals surface area contributed by atoms with E-state index in [1.54, 1.807) is 0 Å². The molecule has 0 aliphatic carbocycles. The van der Waals surface area contributed by atoms with E-state index in [2.05, 4.69) is 185 Å². The first-order valence-electron chi connectivity index (χ1n) is 20.1. The van der Waals surface area contributed by atoms with Crippen molar-refractivity contribution in [2.24, 2.45) is 0 Å².